The molecule has 0 fully saturated rings. The van der Waals surface area contributed by atoms with Crippen LogP contribution in [0.2, 0.25) is 0 Å². The lowest BCUT2D eigenvalue weighted by molar-refractivity contribution is 0.376. The minimum absolute atomic E-state index is 0.286. The predicted molar refractivity (Wildman–Crippen MR) is 86.9 cm³/mol. The molecule has 7 heteroatoms. The van der Waals surface area contributed by atoms with Crippen LogP contribution in [-0.2, 0) is 0 Å². The van der Waals surface area contributed by atoms with Gasteiger partial charge in [-0.3, -0.25) is 0 Å². The predicted octanol–water partition coefficient (Wildman–Crippen LogP) is 4.31. The molecule has 0 saturated heterocycles. The Balaban J connectivity index is 2.09. The van der Waals surface area contributed by atoms with E-state index in [9.17, 15) is 8.78 Å². The minimum Gasteiger partial charge on any atom is -0.496 e. The first-order valence-electron chi connectivity index (χ1n) is 7.30. The molecule has 0 unspecified atom stereocenters. The van der Waals surface area contributed by atoms with Crippen LogP contribution in [0.3, 0.4) is 0 Å². The second-order valence-corrected chi connectivity index (χ2v) is 5.11. The third kappa shape index (κ3) is 3.13. The summed E-state index contributed by atoms with van der Waals surface area (Å²) in [4.78, 5) is 0. The highest BCUT2D eigenvalue weighted by Gasteiger charge is 2.20. The summed E-state index contributed by atoms with van der Waals surface area (Å²) >= 11 is 0. The van der Waals surface area contributed by atoms with E-state index in [-0.39, 0.29) is 5.76 Å². The minimum atomic E-state index is -0.963. The molecule has 0 radical (unpaired) electrons. The van der Waals surface area contributed by atoms with Gasteiger partial charge in [0.25, 0.3) is 0 Å². The zero-order valence-electron chi connectivity index (χ0n) is 13.8. The molecule has 0 atom stereocenters. The van der Waals surface area contributed by atoms with Crippen LogP contribution in [0.25, 0.3) is 22.6 Å². The van der Waals surface area contributed by atoms with Crippen molar-refractivity contribution in [3.05, 3.63) is 48.0 Å². The van der Waals surface area contributed by atoms with Crippen molar-refractivity contribution >= 4 is 0 Å². The van der Waals surface area contributed by atoms with E-state index >= 15 is 0 Å². The number of rotatable bonds is 5. The molecule has 0 aliphatic carbocycles. The quantitative estimate of drug-likeness (QED) is 0.688. The van der Waals surface area contributed by atoms with Crippen LogP contribution in [0.4, 0.5) is 8.78 Å². The molecular formula is C18H15F2NO4. The van der Waals surface area contributed by atoms with Crippen LogP contribution in [-0.4, -0.2) is 26.5 Å². The van der Waals surface area contributed by atoms with E-state index in [4.69, 9.17) is 18.7 Å². The summed E-state index contributed by atoms with van der Waals surface area (Å²) in [6.45, 7) is 0. The largest absolute Gasteiger partial charge is 0.496 e. The molecule has 5 nitrogen and oxygen atoms in total. The average molecular weight is 347 g/mol. The topological polar surface area (TPSA) is 53.7 Å². The van der Waals surface area contributed by atoms with Gasteiger partial charge >= 0.3 is 0 Å². The number of aromatic nitrogens is 1. The molecule has 3 rings (SSSR count). The van der Waals surface area contributed by atoms with Crippen molar-refractivity contribution in [1.82, 2.24) is 5.16 Å². The van der Waals surface area contributed by atoms with E-state index in [1.165, 1.54) is 27.4 Å². The molecule has 1 heterocycles. The molecule has 0 N–H and O–H groups in total. The summed E-state index contributed by atoms with van der Waals surface area (Å²) in [6.07, 6.45) is 0. The Morgan fingerprint density at radius 3 is 2.08 bits per heavy atom. The summed E-state index contributed by atoms with van der Waals surface area (Å²) in [7, 11) is 4.55. The fourth-order valence-electron chi connectivity index (χ4n) is 2.44. The van der Waals surface area contributed by atoms with Crippen molar-refractivity contribution in [3.8, 4) is 39.8 Å². The third-order valence-corrected chi connectivity index (χ3v) is 3.69. The van der Waals surface area contributed by atoms with E-state index in [1.807, 2.05) is 0 Å². The molecule has 3 aromatic rings. The highest BCUT2D eigenvalue weighted by atomic mass is 19.2. The van der Waals surface area contributed by atoms with E-state index in [2.05, 4.69) is 5.16 Å². The molecule has 1 aromatic heterocycles. The van der Waals surface area contributed by atoms with Crippen molar-refractivity contribution in [3.63, 3.8) is 0 Å². The second kappa shape index (κ2) is 6.80. The number of halogens is 2. The maximum Gasteiger partial charge on any atom is 0.167 e. The molecule has 0 aliphatic heterocycles. The normalized spacial score (nSPS) is 10.6. The maximum atomic E-state index is 13.4. The highest BCUT2D eigenvalue weighted by molar-refractivity contribution is 5.78. The molecular weight excluding hydrogens is 332 g/mol. The molecule has 25 heavy (non-hydrogen) atoms. The van der Waals surface area contributed by atoms with Crippen LogP contribution in [0.15, 0.2) is 40.9 Å². The van der Waals surface area contributed by atoms with E-state index in [0.717, 1.165) is 12.1 Å². The van der Waals surface area contributed by atoms with Gasteiger partial charge in [-0.25, -0.2) is 8.78 Å². The van der Waals surface area contributed by atoms with Gasteiger partial charge in [-0.15, -0.1) is 0 Å². The van der Waals surface area contributed by atoms with Crippen molar-refractivity contribution in [2.24, 2.45) is 0 Å². The van der Waals surface area contributed by atoms with Crippen LogP contribution in [0.1, 0.15) is 0 Å². The lowest BCUT2D eigenvalue weighted by Crippen LogP contribution is -1.95. The Labute approximate surface area is 142 Å². The van der Waals surface area contributed by atoms with E-state index in [1.54, 1.807) is 18.2 Å². The molecule has 0 bridgehead atoms. The van der Waals surface area contributed by atoms with Gasteiger partial charge in [0.05, 0.1) is 26.9 Å². The first kappa shape index (κ1) is 16.8. The monoisotopic (exact) mass is 347 g/mol. The van der Waals surface area contributed by atoms with Crippen molar-refractivity contribution in [1.29, 1.82) is 0 Å². The second-order valence-electron chi connectivity index (χ2n) is 5.11. The average Bonchev–Trinajstić information content (AvgIpc) is 3.12. The van der Waals surface area contributed by atoms with Gasteiger partial charge in [-0.05, 0) is 18.2 Å². The maximum absolute atomic E-state index is 13.4. The summed E-state index contributed by atoms with van der Waals surface area (Å²) in [5.41, 5.74) is 1.35. The number of hydrogen-bond acceptors (Lipinski definition) is 5. The SMILES string of the molecule is COc1cc(OC)c(-c2cc(-c3ccc(F)c(F)c3)on2)c(OC)c1. The van der Waals surface area contributed by atoms with Crippen LogP contribution < -0.4 is 14.2 Å². The number of nitrogens with zero attached hydrogens (tertiary/aromatic N) is 1. The van der Waals surface area contributed by atoms with Crippen LogP contribution in [0.5, 0.6) is 17.2 Å². The Hall–Kier alpha value is -3.09. The molecule has 0 amide bonds. The van der Waals surface area contributed by atoms with Crippen LogP contribution in [0, 0.1) is 11.6 Å². The molecule has 2 aromatic carbocycles. The van der Waals surface area contributed by atoms with Gasteiger partial charge in [-0.2, -0.15) is 0 Å². The lowest BCUT2D eigenvalue weighted by Gasteiger charge is -2.13. The smallest absolute Gasteiger partial charge is 0.167 e. The molecule has 0 spiro atoms. The first-order valence-corrected chi connectivity index (χ1v) is 7.30. The standard InChI is InChI=1S/C18H15F2NO4/c1-22-11-7-16(23-2)18(17(8-11)24-3)14-9-15(25-21-14)10-4-5-12(19)13(20)6-10/h4-9H,1-3H3. The van der Waals surface area contributed by atoms with Crippen LogP contribution >= 0.6 is 0 Å². The fourth-order valence-corrected chi connectivity index (χ4v) is 2.44. The summed E-state index contributed by atoms with van der Waals surface area (Å²) < 4.78 is 47.8. The number of methoxy groups -OCH3 is 3. The van der Waals surface area contributed by atoms with Gasteiger partial charge < -0.3 is 18.7 Å². The van der Waals surface area contributed by atoms with Gasteiger partial charge in [0.1, 0.15) is 22.9 Å². The van der Waals surface area contributed by atoms with Gasteiger partial charge in [0.15, 0.2) is 17.4 Å². The van der Waals surface area contributed by atoms with Gasteiger partial charge in [0, 0.05) is 23.8 Å². The van der Waals surface area contributed by atoms with Crippen molar-refractivity contribution in [2.75, 3.05) is 21.3 Å². The Kier molecular flexibility index (Phi) is 4.56. The first-order chi connectivity index (χ1) is 12.1. The highest BCUT2D eigenvalue weighted by Crippen LogP contribution is 2.42. The van der Waals surface area contributed by atoms with Crippen molar-refractivity contribution < 1.29 is 27.5 Å². The Bertz CT molecular complexity index is 883. The summed E-state index contributed by atoms with van der Waals surface area (Å²) in [6, 6.07) is 8.45. The third-order valence-electron chi connectivity index (χ3n) is 3.69. The zero-order valence-corrected chi connectivity index (χ0v) is 13.8. The van der Waals surface area contributed by atoms with Gasteiger partial charge in [-0.1, -0.05) is 5.16 Å². The van der Waals surface area contributed by atoms with Crippen molar-refractivity contribution in [2.45, 2.75) is 0 Å². The number of benzene rings is 2. The zero-order chi connectivity index (χ0) is 18.0. The Morgan fingerprint density at radius 2 is 1.52 bits per heavy atom. The number of hydrogen-bond donors (Lipinski definition) is 0. The fraction of sp³-hybridized carbons (Fsp3) is 0.167. The van der Waals surface area contributed by atoms with E-state index < -0.39 is 11.6 Å². The number of ether oxygens (including phenoxy) is 3. The summed E-state index contributed by atoms with van der Waals surface area (Å²) in [5, 5.41) is 4.00. The molecule has 0 aliphatic rings. The van der Waals surface area contributed by atoms with E-state index in [0.29, 0.717) is 34.1 Å². The molecule has 130 valence electrons. The van der Waals surface area contributed by atoms with Gasteiger partial charge in [0.2, 0.25) is 0 Å². The summed E-state index contributed by atoms with van der Waals surface area (Å²) in [5.74, 6) is -0.102. The Morgan fingerprint density at radius 1 is 0.840 bits per heavy atom. The molecule has 0 saturated carbocycles. The lowest BCUT2D eigenvalue weighted by atomic mass is 10.1.